The van der Waals surface area contributed by atoms with Gasteiger partial charge in [0.1, 0.15) is 5.69 Å². The Bertz CT molecular complexity index is 1380. The minimum Gasteiger partial charge on any atom is -0.378 e. The molecular weight excluding hydrogens is 572 g/mol. The first-order valence-electron chi connectivity index (χ1n) is 12.5. The SMILES string of the molecule is CC1CC=C(NC(=O)c2ccccn2)C=C1Sc1ccc(/C=C/C(=O)N2CCOCC2)c(C(F)(F)F)c1C(F)(F)F. The van der Waals surface area contributed by atoms with Gasteiger partial charge in [-0.3, -0.25) is 14.6 Å². The Morgan fingerprint density at radius 3 is 2.39 bits per heavy atom. The average Bonchev–Trinajstić information content (AvgIpc) is 2.93. The van der Waals surface area contributed by atoms with Crippen LogP contribution in [0, 0.1) is 5.92 Å². The van der Waals surface area contributed by atoms with Crippen LogP contribution in [0.2, 0.25) is 0 Å². The topological polar surface area (TPSA) is 71.5 Å². The van der Waals surface area contributed by atoms with Crippen molar-refractivity contribution >= 4 is 29.7 Å². The van der Waals surface area contributed by atoms with E-state index in [1.807, 2.05) is 0 Å². The Morgan fingerprint density at radius 1 is 1.05 bits per heavy atom. The highest BCUT2D eigenvalue weighted by Crippen LogP contribution is 2.49. The molecule has 218 valence electrons. The Hall–Kier alpha value is -3.58. The van der Waals surface area contributed by atoms with Crippen molar-refractivity contribution in [3.05, 3.63) is 87.7 Å². The molecule has 13 heteroatoms. The lowest BCUT2D eigenvalue weighted by Crippen LogP contribution is -2.39. The Kier molecular flexibility index (Phi) is 9.27. The second-order valence-corrected chi connectivity index (χ2v) is 10.4. The first-order chi connectivity index (χ1) is 19.3. The largest absolute Gasteiger partial charge is 0.418 e. The summed E-state index contributed by atoms with van der Waals surface area (Å²) in [5, 5.41) is 2.63. The first-order valence-corrected chi connectivity index (χ1v) is 13.3. The minimum absolute atomic E-state index is 0.125. The summed E-state index contributed by atoms with van der Waals surface area (Å²) in [5.41, 5.74) is -4.06. The van der Waals surface area contributed by atoms with E-state index in [0.29, 0.717) is 28.8 Å². The fraction of sp³-hybridized carbons (Fsp3) is 0.321. The summed E-state index contributed by atoms with van der Waals surface area (Å²) in [6, 6.07) is 6.63. The van der Waals surface area contributed by atoms with Crippen molar-refractivity contribution in [2.24, 2.45) is 5.92 Å². The normalized spacial score (nSPS) is 18.2. The van der Waals surface area contributed by atoms with Gasteiger partial charge in [0.25, 0.3) is 5.91 Å². The van der Waals surface area contributed by atoms with Crippen LogP contribution in [-0.2, 0) is 21.9 Å². The summed E-state index contributed by atoms with van der Waals surface area (Å²) in [4.78, 5) is 29.9. The number of halogens is 6. The van der Waals surface area contributed by atoms with Crippen molar-refractivity contribution in [3.63, 3.8) is 0 Å². The molecule has 2 aliphatic rings. The monoisotopic (exact) mass is 597 g/mol. The van der Waals surface area contributed by atoms with E-state index in [2.05, 4.69) is 10.3 Å². The first kappa shape index (κ1) is 30.4. The number of pyridine rings is 1. The van der Waals surface area contributed by atoms with Crippen LogP contribution in [0.5, 0.6) is 0 Å². The van der Waals surface area contributed by atoms with Gasteiger partial charge in [-0.25, -0.2) is 0 Å². The van der Waals surface area contributed by atoms with Gasteiger partial charge in [-0.2, -0.15) is 26.3 Å². The van der Waals surface area contributed by atoms with E-state index in [4.69, 9.17) is 4.74 Å². The number of amides is 2. The third-order valence-electron chi connectivity index (χ3n) is 6.35. The van der Waals surface area contributed by atoms with Crippen LogP contribution in [0.25, 0.3) is 6.08 Å². The highest BCUT2D eigenvalue weighted by atomic mass is 32.2. The molecule has 0 radical (unpaired) electrons. The number of carbonyl (C=O) groups is 2. The quantitative estimate of drug-likeness (QED) is 0.312. The maximum atomic E-state index is 14.3. The lowest BCUT2D eigenvalue weighted by molar-refractivity contribution is -0.163. The second kappa shape index (κ2) is 12.5. The van der Waals surface area contributed by atoms with E-state index >= 15 is 0 Å². The van der Waals surface area contributed by atoms with Crippen LogP contribution in [0.3, 0.4) is 0 Å². The number of hydrogen-bond acceptors (Lipinski definition) is 5. The Morgan fingerprint density at radius 2 is 1.76 bits per heavy atom. The zero-order chi connectivity index (χ0) is 29.8. The number of nitrogens with zero attached hydrogens (tertiary/aromatic N) is 2. The molecule has 41 heavy (non-hydrogen) atoms. The van der Waals surface area contributed by atoms with Crippen LogP contribution < -0.4 is 5.32 Å². The maximum Gasteiger partial charge on any atom is 0.418 e. The predicted molar refractivity (Wildman–Crippen MR) is 140 cm³/mol. The molecule has 2 amide bonds. The number of thioether (sulfide) groups is 1. The zero-order valence-electron chi connectivity index (χ0n) is 21.7. The summed E-state index contributed by atoms with van der Waals surface area (Å²) in [6.45, 7) is 2.69. The van der Waals surface area contributed by atoms with Gasteiger partial charge in [0.2, 0.25) is 5.91 Å². The minimum atomic E-state index is -5.36. The number of rotatable bonds is 6. The van der Waals surface area contributed by atoms with Gasteiger partial charge in [0.15, 0.2) is 0 Å². The lowest BCUT2D eigenvalue weighted by Gasteiger charge is -2.26. The lowest BCUT2D eigenvalue weighted by atomic mass is 9.99. The smallest absolute Gasteiger partial charge is 0.378 e. The van der Waals surface area contributed by atoms with Crippen LogP contribution in [0.1, 0.15) is 40.5 Å². The number of alkyl halides is 6. The van der Waals surface area contributed by atoms with E-state index in [9.17, 15) is 35.9 Å². The van der Waals surface area contributed by atoms with Gasteiger partial charge in [-0.05, 0) is 53.2 Å². The molecule has 6 nitrogen and oxygen atoms in total. The highest BCUT2D eigenvalue weighted by molar-refractivity contribution is 8.03. The van der Waals surface area contributed by atoms with E-state index in [0.717, 1.165) is 24.3 Å². The third kappa shape index (κ3) is 7.59. The number of nitrogens with one attached hydrogen (secondary N) is 1. The van der Waals surface area contributed by atoms with Crippen LogP contribution >= 0.6 is 11.8 Å². The molecule has 0 bridgehead atoms. The number of hydrogen-bond donors (Lipinski definition) is 1. The van der Waals surface area contributed by atoms with E-state index < -0.39 is 45.8 Å². The van der Waals surface area contributed by atoms with Crippen molar-refractivity contribution in [2.45, 2.75) is 30.6 Å². The molecule has 2 aromatic rings. The summed E-state index contributed by atoms with van der Waals surface area (Å²) >= 11 is 0.559. The molecule has 1 aliphatic carbocycles. The second-order valence-electron chi connectivity index (χ2n) is 9.28. The molecule has 1 aromatic heterocycles. The molecule has 1 N–H and O–H groups in total. The number of morpholine rings is 1. The van der Waals surface area contributed by atoms with Crippen LogP contribution in [-0.4, -0.2) is 48.0 Å². The molecule has 1 atom stereocenters. The molecule has 2 heterocycles. The Balaban J connectivity index is 1.67. The molecule has 1 aromatic carbocycles. The van der Waals surface area contributed by atoms with Crippen LogP contribution in [0.4, 0.5) is 26.3 Å². The molecule has 1 unspecified atom stereocenters. The fourth-order valence-corrected chi connectivity index (χ4v) is 5.46. The van der Waals surface area contributed by atoms with Gasteiger partial charge in [0.05, 0.1) is 24.3 Å². The third-order valence-corrected chi connectivity index (χ3v) is 7.67. The van der Waals surface area contributed by atoms with Crippen LogP contribution in [0.15, 0.2) is 70.3 Å². The highest BCUT2D eigenvalue weighted by Gasteiger charge is 2.46. The van der Waals surface area contributed by atoms with Crippen molar-refractivity contribution in [2.75, 3.05) is 26.3 Å². The molecular formula is C28H25F6N3O3S. The number of aromatic nitrogens is 1. The standard InChI is InChI=1S/C28H25F6N3O3S/c1-17-5-8-19(36-26(39)20-4-2-3-11-35-20)16-22(17)41-21-9-6-18(7-10-23(38)37-12-14-40-15-13-37)24(27(29,30)31)25(21)28(32,33)34/h2-4,6-11,16-17H,5,12-15H2,1H3,(H,36,39)/b10-7+. The molecule has 4 rings (SSSR count). The van der Waals surface area contributed by atoms with Gasteiger partial charge in [0, 0.05) is 36.0 Å². The number of allylic oxidation sites excluding steroid dienone is 3. The van der Waals surface area contributed by atoms with Crippen molar-refractivity contribution < 1.29 is 40.7 Å². The van der Waals surface area contributed by atoms with E-state index in [1.54, 1.807) is 25.1 Å². The maximum absolute atomic E-state index is 14.3. The number of benzene rings is 1. The average molecular weight is 598 g/mol. The van der Waals surface area contributed by atoms with Gasteiger partial charge < -0.3 is 15.0 Å². The van der Waals surface area contributed by atoms with E-state index in [-0.39, 0.29) is 37.9 Å². The predicted octanol–water partition coefficient (Wildman–Crippen LogP) is 6.32. The summed E-state index contributed by atoms with van der Waals surface area (Å²) in [6.07, 6.45) is -4.21. The summed E-state index contributed by atoms with van der Waals surface area (Å²) in [7, 11) is 0. The molecule has 0 spiro atoms. The van der Waals surface area contributed by atoms with E-state index in [1.165, 1.54) is 23.2 Å². The summed E-state index contributed by atoms with van der Waals surface area (Å²) in [5.74, 6) is -1.48. The molecule has 0 saturated carbocycles. The summed E-state index contributed by atoms with van der Waals surface area (Å²) < 4.78 is 90.5. The Labute approximate surface area is 236 Å². The van der Waals surface area contributed by atoms with Crippen molar-refractivity contribution in [1.29, 1.82) is 0 Å². The number of carbonyl (C=O) groups excluding carboxylic acids is 2. The van der Waals surface area contributed by atoms with Gasteiger partial charge in [-0.1, -0.05) is 36.9 Å². The fourth-order valence-electron chi connectivity index (χ4n) is 4.27. The number of ether oxygens (including phenoxy) is 1. The van der Waals surface area contributed by atoms with Crippen molar-refractivity contribution in [1.82, 2.24) is 15.2 Å². The van der Waals surface area contributed by atoms with Gasteiger partial charge in [-0.15, -0.1) is 0 Å². The van der Waals surface area contributed by atoms with Gasteiger partial charge >= 0.3 is 12.4 Å². The molecule has 1 fully saturated rings. The van der Waals surface area contributed by atoms with Crippen molar-refractivity contribution in [3.8, 4) is 0 Å². The zero-order valence-corrected chi connectivity index (χ0v) is 22.5. The molecule has 1 saturated heterocycles. The molecule has 1 aliphatic heterocycles.